The fraction of sp³-hybridized carbons (Fsp3) is 1.00. The van der Waals surface area contributed by atoms with Crippen LogP contribution in [0.3, 0.4) is 0 Å². The summed E-state index contributed by atoms with van der Waals surface area (Å²) in [6, 6.07) is 0. The molecule has 0 fully saturated rings. The fourth-order valence-electron chi connectivity index (χ4n) is 2.95. The van der Waals surface area contributed by atoms with Crippen LogP contribution in [0.15, 0.2) is 0 Å². The van der Waals surface area contributed by atoms with Crippen LogP contribution in [0.4, 0.5) is 0 Å². The van der Waals surface area contributed by atoms with Crippen molar-refractivity contribution >= 4 is 13.5 Å². The van der Waals surface area contributed by atoms with Gasteiger partial charge >= 0.3 is 93.4 Å². The maximum atomic E-state index is 3.97. The molecule has 0 rings (SSSR count). The van der Waals surface area contributed by atoms with Gasteiger partial charge in [0.1, 0.15) is 0 Å². The van der Waals surface area contributed by atoms with E-state index in [0.29, 0.717) is 0 Å². The van der Waals surface area contributed by atoms with Gasteiger partial charge in [-0.3, -0.25) is 0 Å². The van der Waals surface area contributed by atoms with Crippen LogP contribution in [0.1, 0.15) is 54.9 Å². The number of hydrogen-bond donors (Lipinski definition) is 1. The monoisotopic (exact) mass is 261 g/mol. The summed E-state index contributed by atoms with van der Waals surface area (Å²) >= 11 is -1.86. The van der Waals surface area contributed by atoms with Crippen LogP contribution < -0.4 is 4.27 Å². The van der Waals surface area contributed by atoms with Crippen molar-refractivity contribution in [2.24, 2.45) is 0 Å². The van der Waals surface area contributed by atoms with E-state index in [-0.39, 0.29) is 0 Å². The molecule has 1 nitrogen and oxygen atoms in total. The van der Waals surface area contributed by atoms with E-state index in [1.54, 1.807) is 0 Å². The predicted octanol–water partition coefficient (Wildman–Crippen LogP) is 4.16. The van der Waals surface area contributed by atoms with Crippen molar-refractivity contribution in [2.45, 2.75) is 69.1 Å². The van der Waals surface area contributed by atoms with E-state index in [0.717, 1.165) is 14.3 Å². The molecule has 0 saturated heterocycles. The van der Waals surface area contributed by atoms with Crippen LogP contribution in [0.25, 0.3) is 0 Å². The minimum absolute atomic E-state index is 0.876. The first-order valence-electron chi connectivity index (χ1n) is 6.14. The van der Waals surface area contributed by atoms with Gasteiger partial charge in [0.15, 0.2) is 0 Å². The van der Waals surface area contributed by atoms with E-state index >= 15 is 0 Å². The summed E-state index contributed by atoms with van der Waals surface area (Å²) in [6.07, 6.45) is 1.26. The zero-order valence-corrected chi connectivity index (χ0v) is 13.2. The Morgan fingerprint density at radius 3 is 1.43 bits per heavy atom. The molecular formula is C12H29GeN. The Labute approximate surface area is 93.6 Å². The van der Waals surface area contributed by atoms with E-state index in [1.165, 1.54) is 13.0 Å². The fourth-order valence-corrected chi connectivity index (χ4v) is 15.3. The second-order valence-corrected chi connectivity index (χ2v) is 17.2. The topological polar surface area (TPSA) is 12.0 Å². The molecule has 0 bridgehead atoms. The van der Waals surface area contributed by atoms with E-state index in [4.69, 9.17) is 0 Å². The van der Waals surface area contributed by atoms with Gasteiger partial charge in [0, 0.05) is 0 Å². The molecule has 2 heteroatoms. The molecule has 14 heavy (non-hydrogen) atoms. The SMILES string of the molecule is CCC[NH][Ge]([CH](C)C)([CH](C)C)[CH](C)C. The van der Waals surface area contributed by atoms with Gasteiger partial charge in [0.25, 0.3) is 0 Å². The van der Waals surface area contributed by atoms with Crippen LogP contribution in [-0.4, -0.2) is 20.0 Å². The van der Waals surface area contributed by atoms with Gasteiger partial charge < -0.3 is 0 Å². The van der Waals surface area contributed by atoms with Crippen molar-refractivity contribution in [2.75, 3.05) is 6.54 Å². The Morgan fingerprint density at radius 1 is 0.857 bits per heavy atom. The molecule has 0 saturated carbocycles. The molecule has 0 aromatic rings. The van der Waals surface area contributed by atoms with Gasteiger partial charge in [-0.2, -0.15) is 0 Å². The molecule has 0 aliphatic carbocycles. The average molecular weight is 260 g/mol. The third kappa shape index (κ3) is 2.99. The van der Waals surface area contributed by atoms with Crippen LogP contribution in [0.2, 0.25) is 14.3 Å². The van der Waals surface area contributed by atoms with Gasteiger partial charge in [0.2, 0.25) is 0 Å². The third-order valence-corrected chi connectivity index (χ3v) is 17.4. The third-order valence-electron chi connectivity index (χ3n) is 3.55. The van der Waals surface area contributed by atoms with Crippen LogP contribution in [0, 0.1) is 0 Å². The molecule has 0 spiro atoms. The average Bonchev–Trinajstić information content (AvgIpc) is 2.03. The van der Waals surface area contributed by atoms with E-state index < -0.39 is 13.5 Å². The molecule has 0 amide bonds. The van der Waals surface area contributed by atoms with Crippen LogP contribution in [-0.2, 0) is 0 Å². The number of nitrogens with one attached hydrogen (secondary N) is 1. The van der Waals surface area contributed by atoms with Gasteiger partial charge in [-0.15, -0.1) is 0 Å². The molecule has 0 aromatic carbocycles. The Balaban J connectivity index is 4.76. The Kier molecular flexibility index (Phi) is 6.39. The van der Waals surface area contributed by atoms with Crippen molar-refractivity contribution in [1.29, 1.82) is 0 Å². The molecule has 0 aromatic heterocycles. The summed E-state index contributed by atoms with van der Waals surface area (Å²) in [6.45, 7) is 18.0. The predicted molar refractivity (Wildman–Crippen MR) is 69.3 cm³/mol. The molecule has 0 radical (unpaired) electrons. The van der Waals surface area contributed by atoms with Crippen molar-refractivity contribution in [1.82, 2.24) is 4.27 Å². The molecule has 0 unspecified atom stereocenters. The second kappa shape index (κ2) is 6.17. The Bertz CT molecular complexity index is 131. The summed E-state index contributed by atoms with van der Waals surface area (Å²) < 4.78 is 6.60. The summed E-state index contributed by atoms with van der Waals surface area (Å²) in [5.74, 6) is 0. The molecule has 86 valence electrons. The quantitative estimate of drug-likeness (QED) is 0.707. The molecular weight excluding hydrogens is 231 g/mol. The standard InChI is InChI=1S/C12H29GeN/c1-8-9-14-13(10(2)3,11(4)5)12(6)7/h10-12,14H,8-9H2,1-7H3. The first kappa shape index (κ1) is 14.5. The molecule has 0 aliphatic heterocycles. The maximum absolute atomic E-state index is 3.97. The molecule has 0 heterocycles. The second-order valence-electron chi connectivity index (χ2n) is 5.32. The summed E-state index contributed by atoms with van der Waals surface area (Å²) in [4.78, 5) is 0. The molecule has 0 aliphatic rings. The van der Waals surface area contributed by atoms with E-state index in [2.05, 4.69) is 52.7 Å². The van der Waals surface area contributed by atoms with Crippen LogP contribution in [0.5, 0.6) is 0 Å². The van der Waals surface area contributed by atoms with Crippen LogP contribution >= 0.6 is 0 Å². The van der Waals surface area contributed by atoms with E-state index in [1.807, 2.05) is 0 Å². The van der Waals surface area contributed by atoms with Crippen molar-refractivity contribution in [3.63, 3.8) is 0 Å². The summed E-state index contributed by atoms with van der Waals surface area (Å²) in [5.41, 5.74) is 0. The van der Waals surface area contributed by atoms with Crippen molar-refractivity contribution < 1.29 is 0 Å². The molecule has 0 atom stereocenters. The molecule has 1 N–H and O–H groups in total. The van der Waals surface area contributed by atoms with Gasteiger partial charge in [0.05, 0.1) is 0 Å². The van der Waals surface area contributed by atoms with Crippen molar-refractivity contribution in [3.8, 4) is 0 Å². The normalized spacial score (nSPS) is 13.3. The Hall–Kier alpha value is 0.503. The first-order valence-corrected chi connectivity index (χ1v) is 10.8. The summed E-state index contributed by atoms with van der Waals surface area (Å²) in [5, 5.41) is 0. The summed E-state index contributed by atoms with van der Waals surface area (Å²) in [7, 11) is 0. The minimum atomic E-state index is -1.86. The van der Waals surface area contributed by atoms with Gasteiger partial charge in [-0.05, 0) is 0 Å². The zero-order chi connectivity index (χ0) is 11.4. The zero-order valence-electron chi connectivity index (χ0n) is 11.1. The number of hydrogen-bond acceptors (Lipinski definition) is 1. The first-order chi connectivity index (χ1) is 6.39. The van der Waals surface area contributed by atoms with Gasteiger partial charge in [-0.25, -0.2) is 0 Å². The Morgan fingerprint density at radius 2 is 1.21 bits per heavy atom. The van der Waals surface area contributed by atoms with E-state index in [9.17, 15) is 0 Å². The van der Waals surface area contributed by atoms with Crippen molar-refractivity contribution in [3.05, 3.63) is 0 Å². The van der Waals surface area contributed by atoms with Gasteiger partial charge in [-0.1, -0.05) is 0 Å². The number of rotatable bonds is 6.